The van der Waals surface area contributed by atoms with E-state index >= 15 is 0 Å². The second kappa shape index (κ2) is 8.79. The molecule has 4 rings (SSSR count). The van der Waals surface area contributed by atoms with Gasteiger partial charge in [0.05, 0.1) is 12.8 Å². The van der Waals surface area contributed by atoms with E-state index in [2.05, 4.69) is 25.6 Å². The fourth-order valence-corrected chi connectivity index (χ4v) is 2.74. The molecule has 0 aliphatic heterocycles. The molecular weight excluding hydrogens is 366 g/mol. The Morgan fingerprint density at radius 1 is 0.966 bits per heavy atom. The lowest BCUT2D eigenvalue weighted by Gasteiger charge is -2.10. The molecule has 0 saturated heterocycles. The van der Waals surface area contributed by atoms with Gasteiger partial charge in [-0.15, -0.1) is 0 Å². The number of carbonyl (C=O) groups excluding carboxylic acids is 1. The van der Waals surface area contributed by atoms with Crippen LogP contribution >= 0.6 is 0 Å². The Balaban J connectivity index is 1.58. The number of aromatic nitrogens is 3. The molecule has 0 atom stereocenters. The number of pyridine rings is 1. The number of hydrogen-bond donors (Lipinski definition) is 2. The minimum atomic E-state index is -0.301. The molecule has 3 aromatic heterocycles. The summed E-state index contributed by atoms with van der Waals surface area (Å²) in [4.78, 5) is 25.8. The molecule has 0 saturated carbocycles. The number of nitrogens with zero attached hydrogens (tertiary/aromatic N) is 3. The highest BCUT2D eigenvalue weighted by Crippen LogP contribution is 2.18. The fraction of sp³-hybridized carbons (Fsp3) is 0.0909. The van der Waals surface area contributed by atoms with Crippen LogP contribution in [0.1, 0.15) is 21.8 Å². The van der Waals surface area contributed by atoms with E-state index in [4.69, 9.17) is 4.42 Å². The highest BCUT2D eigenvalue weighted by atomic mass is 16.3. The number of rotatable bonds is 7. The van der Waals surface area contributed by atoms with Gasteiger partial charge in [0, 0.05) is 30.6 Å². The standard InChI is InChI=1S/C22H19N5O2/c28-22(25-15-18-9-5-11-29-18)19-12-20(24-14-16-6-4-10-23-13-16)27-21(26-19)17-7-2-1-3-8-17/h1-13H,14-15H2,(H,25,28)(H,24,26,27). The maximum absolute atomic E-state index is 12.7. The number of amides is 1. The number of nitrogens with one attached hydrogen (secondary N) is 2. The molecular formula is C22H19N5O2. The summed E-state index contributed by atoms with van der Waals surface area (Å²) in [6, 6.07) is 18.6. The van der Waals surface area contributed by atoms with E-state index < -0.39 is 0 Å². The molecule has 0 spiro atoms. The van der Waals surface area contributed by atoms with Crippen LogP contribution in [0, 0.1) is 0 Å². The first-order valence-electron chi connectivity index (χ1n) is 9.16. The van der Waals surface area contributed by atoms with Crippen molar-refractivity contribution in [3.05, 3.63) is 96.3 Å². The van der Waals surface area contributed by atoms with E-state index in [1.807, 2.05) is 42.5 Å². The average molecular weight is 385 g/mol. The first-order chi connectivity index (χ1) is 14.3. The Morgan fingerprint density at radius 2 is 1.86 bits per heavy atom. The lowest BCUT2D eigenvalue weighted by Crippen LogP contribution is -2.24. The Kier molecular flexibility index (Phi) is 5.57. The maximum atomic E-state index is 12.7. The summed E-state index contributed by atoms with van der Waals surface area (Å²) < 4.78 is 5.26. The molecule has 0 bridgehead atoms. The van der Waals surface area contributed by atoms with Gasteiger partial charge in [0.15, 0.2) is 5.82 Å². The second-order valence-electron chi connectivity index (χ2n) is 6.30. The molecule has 144 valence electrons. The molecule has 0 unspecified atom stereocenters. The van der Waals surface area contributed by atoms with Crippen LogP contribution in [0.25, 0.3) is 11.4 Å². The third-order valence-corrected chi connectivity index (χ3v) is 4.19. The van der Waals surface area contributed by atoms with Gasteiger partial charge in [-0.1, -0.05) is 36.4 Å². The van der Waals surface area contributed by atoms with Crippen LogP contribution in [-0.4, -0.2) is 20.9 Å². The van der Waals surface area contributed by atoms with Crippen molar-refractivity contribution in [1.82, 2.24) is 20.3 Å². The Morgan fingerprint density at radius 3 is 2.62 bits per heavy atom. The average Bonchev–Trinajstić information content (AvgIpc) is 3.31. The van der Waals surface area contributed by atoms with Crippen LogP contribution in [0.2, 0.25) is 0 Å². The number of benzene rings is 1. The molecule has 29 heavy (non-hydrogen) atoms. The van der Waals surface area contributed by atoms with Crippen molar-refractivity contribution in [3.63, 3.8) is 0 Å². The van der Waals surface area contributed by atoms with Crippen molar-refractivity contribution in [2.24, 2.45) is 0 Å². The van der Waals surface area contributed by atoms with E-state index in [0.29, 0.717) is 23.9 Å². The summed E-state index contributed by atoms with van der Waals surface area (Å²) in [5, 5.41) is 6.07. The Bertz CT molecular complexity index is 1070. The summed E-state index contributed by atoms with van der Waals surface area (Å²) >= 11 is 0. The first kappa shape index (κ1) is 18.4. The summed E-state index contributed by atoms with van der Waals surface area (Å²) in [6.07, 6.45) is 5.08. The lowest BCUT2D eigenvalue weighted by molar-refractivity contribution is 0.0943. The maximum Gasteiger partial charge on any atom is 0.270 e. The van der Waals surface area contributed by atoms with Crippen LogP contribution in [0.5, 0.6) is 0 Å². The molecule has 0 radical (unpaired) electrons. The van der Waals surface area contributed by atoms with Crippen LogP contribution in [-0.2, 0) is 13.1 Å². The van der Waals surface area contributed by atoms with Gasteiger partial charge < -0.3 is 15.1 Å². The van der Waals surface area contributed by atoms with Crippen molar-refractivity contribution in [2.75, 3.05) is 5.32 Å². The summed E-state index contributed by atoms with van der Waals surface area (Å²) in [5.74, 6) is 1.41. The Hall–Kier alpha value is -4.00. The van der Waals surface area contributed by atoms with Crippen molar-refractivity contribution in [3.8, 4) is 11.4 Å². The second-order valence-corrected chi connectivity index (χ2v) is 6.30. The van der Waals surface area contributed by atoms with E-state index in [1.165, 1.54) is 0 Å². The lowest BCUT2D eigenvalue weighted by atomic mass is 10.2. The van der Waals surface area contributed by atoms with E-state index in [0.717, 1.165) is 11.1 Å². The summed E-state index contributed by atoms with van der Waals surface area (Å²) in [7, 11) is 0. The Labute approximate surface area is 167 Å². The van der Waals surface area contributed by atoms with Crippen LogP contribution in [0.3, 0.4) is 0 Å². The van der Waals surface area contributed by atoms with E-state index in [9.17, 15) is 4.79 Å². The highest BCUT2D eigenvalue weighted by molar-refractivity contribution is 5.93. The zero-order valence-electron chi connectivity index (χ0n) is 15.6. The molecule has 7 nitrogen and oxygen atoms in total. The molecule has 0 aliphatic carbocycles. The van der Waals surface area contributed by atoms with Gasteiger partial charge in [0.2, 0.25) is 0 Å². The number of anilines is 1. The van der Waals surface area contributed by atoms with Gasteiger partial charge in [-0.05, 0) is 23.8 Å². The highest BCUT2D eigenvalue weighted by Gasteiger charge is 2.13. The largest absolute Gasteiger partial charge is 0.467 e. The quantitative estimate of drug-likeness (QED) is 0.504. The van der Waals surface area contributed by atoms with Gasteiger partial charge >= 0.3 is 0 Å². The van der Waals surface area contributed by atoms with Gasteiger partial charge in [-0.2, -0.15) is 0 Å². The SMILES string of the molecule is O=C(NCc1ccco1)c1cc(NCc2cccnc2)nc(-c2ccccc2)n1. The third-order valence-electron chi connectivity index (χ3n) is 4.19. The molecule has 1 aromatic carbocycles. The van der Waals surface area contributed by atoms with Crippen LogP contribution < -0.4 is 10.6 Å². The minimum Gasteiger partial charge on any atom is -0.467 e. The van der Waals surface area contributed by atoms with Gasteiger partial charge in [-0.3, -0.25) is 9.78 Å². The third kappa shape index (κ3) is 4.84. The van der Waals surface area contributed by atoms with Gasteiger partial charge in [0.1, 0.15) is 17.3 Å². The molecule has 2 N–H and O–H groups in total. The molecule has 1 amide bonds. The normalized spacial score (nSPS) is 10.5. The molecule has 4 aromatic rings. The van der Waals surface area contributed by atoms with Gasteiger partial charge in [-0.25, -0.2) is 9.97 Å². The van der Waals surface area contributed by atoms with Crippen molar-refractivity contribution in [1.29, 1.82) is 0 Å². The fourth-order valence-electron chi connectivity index (χ4n) is 2.74. The van der Waals surface area contributed by atoms with Crippen molar-refractivity contribution < 1.29 is 9.21 Å². The van der Waals surface area contributed by atoms with Gasteiger partial charge in [0.25, 0.3) is 5.91 Å². The smallest absolute Gasteiger partial charge is 0.270 e. The predicted octanol–water partition coefficient (Wildman–Crippen LogP) is 3.67. The van der Waals surface area contributed by atoms with Crippen molar-refractivity contribution in [2.45, 2.75) is 13.1 Å². The zero-order valence-corrected chi connectivity index (χ0v) is 15.6. The predicted molar refractivity (Wildman–Crippen MR) is 109 cm³/mol. The minimum absolute atomic E-state index is 0.277. The molecule has 7 heteroatoms. The molecule has 0 fully saturated rings. The monoisotopic (exact) mass is 385 g/mol. The molecule has 3 heterocycles. The van der Waals surface area contributed by atoms with Crippen LogP contribution in [0.4, 0.5) is 5.82 Å². The van der Waals surface area contributed by atoms with E-state index in [1.54, 1.807) is 36.9 Å². The number of furan rings is 1. The zero-order chi connectivity index (χ0) is 19.9. The topological polar surface area (TPSA) is 92.9 Å². The van der Waals surface area contributed by atoms with E-state index in [-0.39, 0.29) is 18.1 Å². The first-order valence-corrected chi connectivity index (χ1v) is 9.16. The molecule has 0 aliphatic rings. The van der Waals surface area contributed by atoms with Crippen molar-refractivity contribution >= 4 is 11.7 Å². The number of carbonyl (C=O) groups is 1. The summed E-state index contributed by atoms with van der Waals surface area (Å²) in [5.41, 5.74) is 2.12. The number of hydrogen-bond acceptors (Lipinski definition) is 6. The summed E-state index contributed by atoms with van der Waals surface area (Å²) in [6.45, 7) is 0.821. The van der Waals surface area contributed by atoms with Crippen LogP contribution in [0.15, 0.2) is 83.7 Å².